The monoisotopic (exact) mass is 315 g/mol. The zero-order valence-electron chi connectivity index (χ0n) is 13.1. The van der Waals surface area contributed by atoms with Gasteiger partial charge in [-0.1, -0.05) is 42.0 Å². The van der Waals surface area contributed by atoms with Crippen LogP contribution in [0.3, 0.4) is 0 Å². The smallest absolute Gasteiger partial charge is 0.278 e. The van der Waals surface area contributed by atoms with Gasteiger partial charge in [0.15, 0.2) is 11.6 Å². The number of carbonyl (C=O) groups excluding carboxylic acids is 2. The van der Waals surface area contributed by atoms with Crippen LogP contribution >= 0.6 is 0 Å². The van der Waals surface area contributed by atoms with Crippen LogP contribution in [-0.2, 0) is 0 Å². The fraction of sp³-hybridized carbons (Fsp3) is 0.0500. The second kappa shape index (κ2) is 5.13. The largest absolute Gasteiger partial charge is 0.289 e. The molecule has 0 bridgehead atoms. The first-order valence-electron chi connectivity index (χ1n) is 7.67. The van der Waals surface area contributed by atoms with Gasteiger partial charge in [0.2, 0.25) is 0 Å². The Balaban J connectivity index is 1.93. The minimum absolute atomic E-state index is 0.152. The Kier molecular flexibility index (Phi) is 3.06. The summed E-state index contributed by atoms with van der Waals surface area (Å²) >= 11 is 0. The number of hydrogen-bond donors (Lipinski definition) is 1. The molecule has 1 heterocycles. The second-order valence-corrected chi connectivity index (χ2v) is 5.94. The number of nitrogen functional groups attached to an aromatic ring is 1. The molecule has 0 atom stereocenters. The Bertz CT molecular complexity index is 1000. The maximum Gasteiger partial charge on any atom is 0.278 e. The normalized spacial score (nSPS) is 12.7. The number of fused-ring (bicyclic) bond motifs is 2. The van der Waals surface area contributed by atoms with Crippen LogP contribution in [0.5, 0.6) is 0 Å². The van der Waals surface area contributed by atoms with Crippen LogP contribution in [0.25, 0.3) is 5.69 Å². The molecule has 0 spiro atoms. The van der Waals surface area contributed by atoms with Gasteiger partial charge in [-0.2, -0.15) is 4.57 Å². The van der Waals surface area contributed by atoms with Crippen molar-refractivity contribution in [2.24, 2.45) is 0 Å². The van der Waals surface area contributed by atoms with Gasteiger partial charge in [-0.3, -0.25) is 15.3 Å². The van der Waals surface area contributed by atoms with Crippen LogP contribution in [0.4, 0.5) is 5.82 Å². The molecule has 1 aliphatic rings. The predicted octanol–water partition coefficient (Wildman–Crippen LogP) is 2.63. The standard InChI is InChI=1S/C20H14N2O2/c1-12-6-8-13(9-7-12)22-11-17-16(10-18(22)21)19(23)14-4-2-3-5-15(14)20(17)24/h2-11,21H,1H3/p+1. The van der Waals surface area contributed by atoms with Crippen molar-refractivity contribution in [2.45, 2.75) is 6.92 Å². The third-order valence-electron chi connectivity index (χ3n) is 4.34. The summed E-state index contributed by atoms with van der Waals surface area (Å²) in [5, 5.41) is 0. The summed E-state index contributed by atoms with van der Waals surface area (Å²) in [6, 6.07) is 16.3. The van der Waals surface area contributed by atoms with E-state index in [0.29, 0.717) is 28.1 Å². The number of nitrogens with zero attached hydrogens (tertiary/aromatic N) is 1. The zero-order chi connectivity index (χ0) is 16.8. The highest BCUT2D eigenvalue weighted by molar-refractivity contribution is 6.28. The van der Waals surface area contributed by atoms with E-state index in [1.807, 2.05) is 31.2 Å². The van der Waals surface area contributed by atoms with E-state index in [4.69, 9.17) is 5.73 Å². The lowest BCUT2D eigenvalue weighted by Crippen LogP contribution is -2.37. The average Bonchev–Trinajstić information content (AvgIpc) is 2.60. The Morgan fingerprint density at radius 3 is 2.00 bits per heavy atom. The topological polar surface area (TPSA) is 64.0 Å². The summed E-state index contributed by atoms with van der Waals surface area (Å²) in [5.41, 5.74) is 9.74. The molecular formula is C20H15N2O2+. The molecule has 4 heteroatoms. The summed E-state index contributed by atoms with van der Waals surface area (Å²) in [4.78, 5) is 25.5. The van der Waals surface area contributed by atoms with E-state index >= 15 is 0 Å². The fourth-order valence-electron chi connectivity index (χ4n) is 3.04. The lowest BCUT2D eigenvalue weighted by atomic mass is 9.85. The van der Waals surface area contributed by atoms with E-state index in [-0.39, 0.29) is 11.6 Å². The molecular weight excluding hydrogens is 300 g/mol. The van der Waals surface area contributed by atoms with Gasteiger partial charge in [0.25, 0.3) is 5.82 Å². The first-order chi connectivity index (χ1) is 11.6. The van der Waals surface area contributed by atoms with Gasteiger partial charge in [0, 0.05) is 22.8 Å². The Hall–Kier alpha value is -3.27. The van der Waals surface area contributed by atoms with Gasteiger partial charge in [0.1, 0.15) is 11.9 Å². The van der Waals surface area contributed by atoms with Crippen molar-refractivity contribution in [1.29, 1.82) is 0 Å². The van der Waals surface area contributed by atoms with Crippen molar-refractivity contribution in [3.8, 4) is 5.69 Å². The third kappa shape index (κ3) is 2.04. The van der Waals surface area contributed by atoms with E-state index in [1.165, 1.54) is 0 Å². The van der Waals surface area contributed by atoms with Crippen LogP contribution in [0.1, 0.15) is 37.4 Å². The van der Waals surface area contributed by atoms with E-state index < -0.39 is 0 Å². The van der Waals surface area contributed by atoms with Crippen LogP contribution < -0.4 is 10.3 Å². The minimum Gasteiger partial charge on any atom is -0.289 e. The molecule has 2 aromatic carbocycles. The molecule has 24 heavy (non-hydrogen) atoms. The molecule has 0 saturated heterocycles. The summed E-state index contributed by atoms with van der Waals surface area (Å²) in [6.45, 7) is 2.00. The van der Waals surface area contributed by atoms with E-state index in [0.717, 1.165) is 11.3 Å². The first-order valence-corrected chi connectivity index (χ1v) is 7.67. The Labute approximate surface area is 139 Å². The highest BCUT2D eigenvalue weighted by Crippen LogP contribution is 2.27. The number of benzene rings is 2. The lowest BCUT2D eigenvalue weighted by Gasteiger charge is -2.17. The van der Waals surface area contributed by atoms with Gasteiger partial charge in [-0.25, -0.2) is 0 Å². The maximum atomic E-state index is 12.8. The van der Waals surface area contributed by atoms with Gasteiger partial charge in [-0.05, 0) is 19.1 Å². The highest BCUT2D eigenvalue weighted by Gasteiger charge is 2.32. The predicted molar refractivity (Wildman–Crippen MR) is 90.4 cm³/mol. The van der Waals surface area contributed by atoms with Crippen LogP contribution in [0.2, 0.25) is 0 Å². The number of nitrogens with two attached hydrogens (primary N) is 1. The Morgan fingerprint density at radius 1 is 0.792 bits per heavy atom. The van der Waals surface area contributed by atoms with Crippen molar-refractivity contribution in [1.82, 2.24) is 0 Å². The molecule has 0 aliphatic heterocycles. The zero-order valence-corrected chi connectivity index (χ0v) is 13.1. The fourth-order valence-corrected chi connectivity index (χ4v) is 3.04. The van der Waals surface area contributed by atoms with Crippen molar-refractivity contribution >= 4 is 17.4 Å². The van der Waals surface area contributed by atoms with Gasteiger partial charge >= 0.3 is 0 Å². The van der Waals surface area contributed by atoms with Crippen molar-refractivity contribution in [3.63, 3.8) is 0 Å². The summed E-state index contributed by atoms with van der Waals surface area (Å²) < 4.78 is 1.73. The molecule has 0 amide bonds. The molecule has 1 aliphatic carbocycles. The lowest BCUT2D eigenvalue weighted by molar-refractivity contribution is -0.580. The molecule has 2 N–H and O–H groups in total. The molecule has 4 rings (SSSR count). The highest BCUT2D eigenvalue weighted by atomic mass is 16.1. The minimum atomic E-state index is -0.164. The van der Waals surface area contributed by atoms with Crippen molar-refractivity contribution in [2.75, 3.05) is 5.73 Å². The number of aryl methyl sites for hydroxylation is 1. The second-order valence-electron chi connectivity index (χ2n) is 5.94. The maximum absolute atomic E-state index is 12.8. The van der Waals surface area contributed by atoms with E-state index in [1.54, 1.807) is 41.1 Å². The van der Waals surface area contributed by atoms with Crippen LogP contribution in [-0.4, -0.2) is 11.6 Å². The summed E-state index contributed by atoms with van der Waals surface area (Å²) in [7, 11) is 0. The van der Waals surface area contributed by atoms with Crippen LogP contribution in [0, 0.1) is 6.92 Å². The quantitative estimate of drug-likeness (QED) is 0.549. The molecule has 1 aromatic heterocycles. The molecule has 0 unspecified atom stereocenters. The third-order valence-corrected chi connectivity index (χ3v) is 4.34. The van der Waals surface area contributed by atoms with Gasteiger partial charge in [0.05, 0.1) is 5.56 Å². The van der Waals surface area contributed by atoms with E-state index in [9.17, 15) is 9.59 Å². The van der Waals surface area contributed by atoms with Crippen LogP contribution in [0.15, 0.2) is 60.8 Å². The van der Waals surface area contributed by atoms with Crippen molar-refractivity contribution in [3.05, 3.63) is 88.6 Å². The van der Waals surface area contributed by atoms with Crippen molar-refractivity contribution < 1.29 is 14.2 Å². The van der Waals surface area contributed by atoms with Gasteiger partial charge < -0.3 is 0 Å². The average molecular weight is 315 g/mol. The molecule has 3 aromatic rings. The molecule has 0 fully saturated rings. The van der Waals surface area contributed by atoms with Gasteiger partial charge in [-0.15, -0.1) is 0 Å². The number of hydrogen-bond acceptors (Lipinski definition) is 3. The SMILES string of the molecule is Cc1ccc(-[n+]2cc3c(cc2N)C(=O)c2ccccc2C3=O)cc1. The van der Waals surface area contributed by atoms with E-state index in [2.05, 4.69) is 0 Å². The Morgan fingerprint density at radius 2 is 1.38 bits per heavy atom. The number of rotatable bonds is 1. The number of carbonyl (C=O) groups is 2. The number of anilines is 1. The molecule has 4 nitrogen and oxygen atoms in total. The number of pyridine rings is 1. The number of ketones is 2. The summed E-state index contributed by atoms with van der Waals surface area (Å²) in [6.07, 6.45) is 1.66. The molecule has 0 saturated carbocycles. The number of aromatic nitrogens is 1. The molecule has 0 radical (unpaired) electrons. The first kappa shape index (κ1) is 14.3. The summed E-state index contributed by atoms with van der Waals surface area (Å²) in [5.74, 6) is 0.0992. The molecule has 116 valence electrons.